The van der Waals surface area contributed by atoms with E-state index in [9.17, 15) is 15.3 Å². The molecule has 11 atom stereocenters. The molecule has 6 aliphatic carbocycles. The lowest BCUT2D eigenvalue weighted by molar-refractivity contribution is -0.249. The predicted octanol–water partition coefficient (Wildman–Crippen LogP) is 6.36. The molecule has 0 aliphatic heterocycles. The second kappa shape index (κ2) is 7.17. The molecule has 5 saturated carbocycles. The highest BCUT2D eigenvalue weighted by atomic mass is 16.3. The van der Waals surface area contributed by atoms with Crippen LogP contribution in [0.15, 0.2) is 11.6 Å². The zero-order valence-electron chi connectivity index (χ0n) is 23.5. The highest BCUT2D eigenvalue weighted by molar-refractivity contribution is 5.36. The Morgan fingerprint density at radius 2 is 1.57 bits per heavy atom. The van der Waals surface area contributed by atoms with E-state index in [1.54, 1.807) is 5.57 Å². The molecule has 0 saturated heterocycles. The van der Waals surface area contributed by atoms with Crippen molar-refractivity contribution in [2.75, 3.05) is 6.61 Å². The molecule has 5 fully saturated rings. The van der Waals surface area contributed by atoms with Crippen molar-refractivity contribution in [3.8, 4) is 0 Å². The van der Waals surface area contributed by atoms with Gasteiger partial charge in [0.25, 0.3) is 0 Å². The van der Waals surface area contributed by atoms with Crippen molar-refractivity contribution in [3.05, 3.63) is 11.6 Å². The van der Waals surface area contributed by atoms with Crippen LogP contribution in [0.3, 0.4) is 0 Å². The zero-order valence-corrected chi connectivity index (χ0v) is 23.5. The van der Waals surface area contributed by atoms with Crippen LogP contribution in [0.25, 0.3) is 0 Å². The van der Waals surface area contributed by atoms with E-state index in [1.165, 1.54) is 12.8 Å². The molecule has 3 heteroatoms. The number of rotatable bonds is 1. The lowest BCUT2D eigenvalue weighted by Gasteiger charge is -2.74. The van der Waals surface area contributed by atoms with Crippen LogP contribution in [0.1, 0.15) is 106 Å². The van der Waals surface area contributed by atoms with E-state index in [4.69, 9.17) is 0 Å². The van der Waals surface area contributed by atoms with Gasteiger partial charge in [0.2, 0.25) is 0 Å². The summed E-state index contributed by atoms with van der Waals surface area (Å²) in [6.07, 6.45) is 12.2. The van der Waals surface area contributed by atoms with Crippen LogP contribution >= 0.6 is 0 Å². The molecule has 3 N–H and O–H groups in total. The van der Waals surface area contributed by atoms with Gasteiger partial charge in [0.15, 0.2) is 0 Å². The third-order valence-corrected chi connectivity index (χ3v) is 14.7. The van der Waals surface area contributed by atoms with E-state index in [1.807, 2.05) is 0 Å². The SMILES string of the molecule is CC1(C)CC2C3=CCC4C5(C)CCC(O)C(C)(C)C5CCC4(C)C3(C)CC3CCC1C(O)C32CO. The minimum atomic E-state index is -0.384. The Morgan fingerprint density at radius 1 is 0.857 bits per heavy atom. The molecular formula is C32H52O3. The number of aliphatic hydroxyl groups excluding tert-OH is 3. The van der Waals surface area contributed by atoms with Gasteiger partial charge >= 0.3 is 0 Å². The number of fused-ring (bicyclic) bond motifs is 7. The lowest BCUT2D eigenvalue weighted by atomic mass is 9.31. The molecule has 0 aromatic carbocycles. The van der Waals surface area contributed by atoms with Gasteiger partial charge in [0, 0.05) is 5.41 Å². The largest absolute Gasteiger partial charge is 0.396 e. The molecule has 0 aromatic heterocycles. The van der Waals surface area contributed by atoms with Crippen LogP contribution in [-0.4, -0.2) is 34.1 Å². The Bertz CT molecular complexity index is 935. The van der Waals surface area contributed by atoms with E-state index in [-0.39, 0.29) is 51.3 Å². The van der Waals surface area contributed by atoms with E-state index in [0.717, 1.165) is 44.9 Å². The van der Waals surface area contributed by atoms with Gasteiger partial charge in [-0.2, -0.15) is 0 Å². The fraction of sp³-hybridized carbons (Fsp3) is 0.938. The summed E-state index contributed by atoms with van der Waals surface area (Å²) in [5.41, 5.74) is 1.96. The minimum Gasteiger partial charge on any atom is -0.396 e. The lowest BCUT2D eigenvalue weighted by Crippen LogP contribution is -2.70. The molecule has 0 aromatic rings. The van der Waals surface area contributed by atoms with Crippen molar-refractivity contribution in [3.63, 3.8) is 0 Å². The van der Waals surface area contributed by atoms with E-state index in [2.05, 4.69) is 54.5 Å². The number of hydrogen-bond donors (Lipinski definition) is 3. The third kappa shape index (κ3) is 2.70. The second-order valence-corrected chi connectivity index (χ2v) is 16.2. The van der Waals surface area contributed by atoms with Crippen LogP contribution in [0.2, 0.25) is 0 Å². The van der Waals surface area contributed by atoms with Gasteiger partial charge in [-0.05, 0) is 114 Å². The van der Waals surface area contributed by atoms with Gasteiger partial charge in [0.05, 0.1) is 18.8 Å². The summed E-state index contributed by atoms with van der Waals surface area (Å²) < 4.78 is 0. The fourth-order valence-corrected chi connectivity index (χ4v) is 12.5. The maximum atomic E-state index is 11.8. The average molecular weight is 485 g/mol. The van der Waals surface area contributed by atoms with Crippen molar-refractivity contribution in [2.45, 2.75) is 118 Å². The van der Waals surface area contributed by atoms with Gasteiger partial charge in [-0.3, -0.25) is 0 Å². The first-order valence-electron chi connectivity index (χ1n) is 14.9. The monoisotopic (exact) mass is 484 g/mol. The highest BCUT2D eigenvalue weighted by Crippen LogP contribution is 2.78. The molecule has 0 amide bonds. The van der Waals surface area contributed by atoms with Crippen molar-refractivity contribution in [2.24, 2.45) is 62.1 Å². The zero-order chi connectivity index (χ0) is 25.4. The average Bonchev–Trinajstić information content (AvgIpc) is 2.76. The first-order valence-corrected chi connectivity index (χ1v) is 14.9. The molecule has 0 heterocycles. The second-order valence-electron chi connectivity index (χ2n) is 16.2. The van der Waals surface area contributed by atoms with Crippen molar-refractivity contribution >= 4 is 0 Å². The molecule has 3 nitrogen and oxygen atoms in total. The summed E-state index contributed by atoms with van der Waals surface area (Å²) in [4.78, 5) is 0. The summed E-state index contributed by atoms with van der Waals surface area (Å²) in [5.74, 6) is 2.22. The summed E-state index contributed by atoms with van der Waals surface area (Å²) in [6.45, 7) is 17.4. The van der Waals surface area contributed by atoms with E-state index in [0.29, 0.717) is 29.6 Å². The Balaban J connectivity index is 1.48. The normalized spacial score (nSPS) is 57.9. The molecular weight excluding hydrogens is 432 g/mol. The number of hydrogen-bond acceptors (Lipinski definition) is 3. The Labute approximate surface area is 214 Å². The molecule has 6 rings (SSSR count). The molecule has 2 bridgehead atoms. The van der Waals surface area contributed by atoms with Crippen LogP contribution in [0, 0.1) is 62.1 Å². The molecule has 0 spiro atoms. The topological polar surface area (TPSA) is 60.7 Å². The summed E-state index contributed by atoms with van der Waals surface area (Å²) in [7, 11) is 0. The van der Waals surface area contributed by atoms with Crippen molar-refractivity contribution in [1.82, 2.24) is 0 Å². The van der Waals surface area contributed by atoms with Crippen LogP contribution in [-0.2, 0) is 0 Å². The quantitative estimate of drug-likeness (QED) is 0.380. The number of allylic oxidation sites excluding steroid dienone is 2. The molecule has 6 aliphatic rings. The summed E-state index contributed by atoms with van der Waals surface area (Å²) >= 11 is 0. The van der Waals surface area contributed by atoms with Gasteiger partial charge in [-0.15, -0.1) is 0 Å². The Morgan fingerprint density at radius 3 is 2.26 bits per heavy atom. The maximum absolute atomic E-state index is 11.8. The van der Waals surface area contributed by atoms with E-state index < -0.39 is 0 Å². The van der Waals surface area contributed by atoms with Crippen molar-refractivity contribution in [1.29, 1.82) is 0 Å². The van der Waals surface area contributed by atoms with Gasteiger partial charge in [-0.25, -0.2) is 0 Å². The first kappa shape index (κ1) is 24.9. The molecule has 198 valence electrons. The predicted molar refractivity (Wildman–Crippen MR) is 141 cm³/mol. The summed E-state index contributed by atoms with van der Waals surface area (Å²) in [5, 5.41) is 33.8. The Kier molecular flexibility index (Phi) is 5.11. The third-order valence-electron chi connectivity index (χ3n) is 14.7. The van der Waals surface area contributed by atoms with Crippen LogP contribution < -0.4 is 0 Å². The van der Waals surface area contributed by atoms with Gasteiger partial charge < -0.3 is 15.3 Å². The maximum Gasteiger partial charge on any atom is 0.0660 e. The van der Waals surface area contributed by atoms with Gasteiger partial charge in [0.1, 0.15) is 0 Å². The number of aliphatic hydroxyl groups is 3. The first-order chi connectivity index (χ1) is 16.2. The van der Waals surface area contributed by atoms with E-state index >= 15 is 0 Å². The van der Waals surface area contributed by atoms with Crippen LogP contribution in [0.4, 0.5) is 0 Å². The molecule has 11 unspecified atom stereocenters. The Hall–Kier alpha value is -0.380. The summed E-state index contributed by atoms with van der Waals surface area (Å²) in [6, 6.07) is 0. The van der Waals surface area contributed by atoms with Crippen molar-refractivity contribution < 1.29 is 15.3 Å². The standard InChI is InChI=1S/C32H52O3/c1-27(2)17-22-20-10-11-24-29(5)14-13-25(34)28(3,4)23(29)12-15-30(24,6)31(20,7)16-19-8-9-21(27)26(35)32(19,22)18-33/h10,19,21-26,33-35H,8-9,11-18H2,1-7H3. The highest BCUT2D eigenvalue weighted by Gasteiger charge is 2.72. The fourth-order valence-electron chi connectivity index (χ4n) is 12.5. The van der Waals surface area contributed by atoms with Crippen LogP contribution in [0.5, 0.6) is 0 Å². The molecule has 35 heavy (non-hydrogen) atoms. The molecule has 0 radical (unpaired) electrons. The minimum absolute atomic E-state index is 0.0201. The smallest absolute Gasteiger partial charge is 0.0660 e. The van der Waals surface area contributed by atoms with Gasteiger partial charge in [-0.1, -0.05) is 60.1 Å².